The van der Waals surface area contributed by atoms with Gasteiger partial charge >= 0.3 is 0 Å². The van der Waals surface area contributed by atoms with Gasteiger partial charge in [0, 0.05) is 17.2 Å². The zero-order valence-electron chi connectivity index (χ0n) is 11.5. The van der Waals surface area contributed by atoms with Gasteiger partial charge < -0.3 is 14.0 Å². The van der Waals surface area contributed by atoms with Gasteiger partial charge in [0.1, 0.15) is 5.69 Å². The topological polar surface area (TPSA) is 44.5 Å². The minimum Gasteiger partial charge on any atom is -0.454 e. The van der Waals surface area contributed by atoms with Crippen LogP contribution in [0.2, 0.25) is 0 Å². The van der Waals surface area contributed by atoms with Crippen LogP contribution in [0, 0.1) is 6.92 Å². The molecule has 1 aliphatic rings. The molecule has 0 saturated carbocycles. The van der Waals surface area contributed by atoms with Crippen molar-refractivity contribution in [1.82, 2.24) is 5.16 Å². The number of benzene rings is 2. The van der Waals surface area contributed by atoms with Crippen LogP contribution in [0.3, 0.4) is 0 Å². The van der Waals surface area contributed by atoms with Crippen LogP contribution in [-0.2, 0) is 0 Å². The molecule has 0 unspecified atom stereocenters. The van der Waals surface area contributed by atoms with Gasteiger partial charge in [0.05, 0.1) is 0 Å². The first-order chi connectivity index (χ1) is 10.3. The maximum atomic E-state index is 5.44. The molecule has 0 aliphatic carbocycles. The maximum absolute atomic E-state index is 5.44. The molecule has 0 fully saturated rings. The Hall–Kier alpha value is -2.75. The second-order valence-corrected chi connectivity index (χ2v) is 5.01. The van der Waals surface area contributed by atoms with Gasteiger partial charge in [-0.1, -0.05) is 35.0 Å². The Labute approximate surface area is 121 Å². The first-order valence-corrected chi connectivity index (χ1v) is 6.73. The van der Waals surface area contributed by atoms with Crippen LogP contribution in [0.4, 0.5) is 0 Å². The Morgan fingerprint density at radius 3 is 2.48 bits per heavy atom. The summed E-state index contributed by atoms with van der Waals surface area (Å²) in [4.78, 5) is 0. The number of fused-ring (bicyclic) bond motifs is 1. The number of nitrogens with zero attached hydrogens (tertiary/aromatic N) is 1. The standard InChI is InChI=1S/C17H13NO3/c1-11-2-4-12(5-3-11)16-9-14(18-21-16)13-6-7-15-17(8-13)20-10-19-15/h2-9H,10H2,1H3. The first kappa shape index (κ1) is 12.0. The molecule has 0 N–H and O–H groups in total. The molecule has 104 valence electrons. The minimum absolute atomic E-state index is 0.270. The third-order valence-corrected chi connectivity index (χ3v) is 3.51. The zero-order valence-corrected chi connectivity index (χ0v) is 11.5. The number of aromatic nitrogens is 1. The highest BCUT2D eigenvalue weighted by molar-refractivity contribution is 5.69. The summed E-state index contributed by atoms with van der Waals surface area (Å²) >= 11 is 0. The molecule has 0 amide bonds. The van der Waals surface area contributed by atoms with Crippen LogP contribution in [0.25, 0.3) is 22.6 Å². The van der Waals surface area contributed by atoms with E-state index in [1.54, 1.807) is 0 Å². The normalized spacial score (nSPS) is 12.6. The average Bonchev–Trinajstić information content (AvgIpc) is 3.16. The van der Waals surface area contributed by atoms with Crippen molar-refractivity contribution in [3.8, 4) is 34.1 Å². The number of ether oxygens (including phenoxy) is 2. The lowest BCUT2D eigenvalue weighted by atomic mass is 10.1. The van der Waals surface area contributed by atoms with Crippen LogP contribution in [0.1, 0.15) is 5.56 Å². The Kier molecular flexibility index (Phi) is 2.67. The highest BCUT2D eigenvalue weighted by Crippen LogP contribution is 2.36. The molecule has 0 saturated heterocycles. The second kappa shape index (κ2) is 4.66. The highest BCUT2D eigenvalue weighted by Gasteiger charge is 2.16. The largest absolute Gasteiger partial charge is 0.454 e. The van der Waals surface area contributed by atoms with Crippen molar-refractivity contribution >= 4 is 0 Å². The average molecular weight is 279 g/mol. The van der Waals surface area contributed by atoms with Crippen molar-refractivity contribution in [3.63, 3.8) is 0 Å². The lowest BCUT2D eigenvalue weighted by Gasteiger charge is -1.98. The van der Waals surface area contributed by atoms with E-state index in [0.29, 0.717) is 0 Å². The summed E-state index contributed by atoms with van der Waals surface area (Å²) in [6.45, 7) is 2.33. The number of hydrogen-bond acceptors (Lipinski definition) is 4. The van der Waals surface area contributed by atoms with Crippen molar-refractivity contribution in [2.24, 2.45) is 0 Å². The predicted octanol–water partition coefficient (Wildman–Crippen LogP) is 4.05. The molecular weight excluding hydrogens is 266 g/mol. The van der Waals surface area contributed by atoms with Gasteiger partial charge in [-0.15, -0.1) is 0 Å². The van der Waals surface area contributed by atoms with Crippen LogP contribution in [0.5, 0.6) is 11.5 Å². The Balaban J connectivity index is 1.69. The SMILES string of the molecule is Cc1ccc(-c2cc(-c3ccc4c(c3)OCO4)no2)cc1. The fourth-order valence-electron chi connectivity index (χ4n) is 2.32. The third-order valence-electron chi connectivity index (χ3n) is 3.51. The van der Waals surface area contributed by atoms with Crippen molar-refractivity contribution in [2.45, 2.75) is 6.92 Å². The Bertz CT molecular complexity index is 790. The molecule has 4 nitrogen and oxygen atoms in total. The summed E-state index contributed by atoms with van der Waals surface area (Å²) in [6.07, 6.45) is 0. The fraction of sp³-hybridized carbons (Fsp3) is 0.118. The van der Waals surface area contributed by atoms with Gasteiger partial charge in [0.15, 0.2) is 17.3 Å². The molecule has 2 heterocycles. The molecule has 0 radical (unpaired) electrons. The lowest BCUT2D eigenvalue weighted by molar-refractivity contribution is 0.174. The van der Waals surface area contributed by atoms with E-state index in [0.717, 1.165) is 34.1 Å². The Morgan fingerprint density at radius 2 is 1.62 bits per heavy atom. The van der Waals surface area contributed by atoms with Crippen LogP contribution >= 0.6 is 0 Å². The van der Waals surface area contributed by atoms with Crippen LogP contribution in [0.15, 0.2) is 53.1 Å². The van der Waals surface area contributed by atoms with Gasteiger partial charge in [0.25, 0.3) is 0 Å². The third kappa shape index (κ3) is 2.14. The molecule has 1 aliphatic heterocycles. The van der Waals surface area contributed by atoms with Gasteiger partial charge in [-0.2, -0.15) is 0 Å². The first-order valence-electron chi connectivity index (χ1n) is 6.73. The van der Waals surface area contributed by atoms with E-state index in [4.69, 9.17) is 14.0 Å². The number of rotatable bonds is 2. The van der Waals surface area contributed by atoms with Crippen LogP contribution < -0.4 is 9.47 Å². The Morgan fingerprint density at radius 1 is 0.857 bits per heavy atom. The minimum atomic E-state index is 0.270. The highest BCUT2D eigenvalue weighted by atomic mass is 16.7. The molecule has 2 aromatic carbocycles. The van der Waals surface area contributed by atoms with Gasteiger partial charge in [-0.05, 0) is 25.1 Å². The summed E-state index contributed by atoms with van der Waals surface area (Å²) in [6, 6.07) is 15.8. The van der Waals surface area contributed by atoms with Gasteiger partial charge in [-0.3, -0.25) is 0 Å². The van der Waals surface area contributed by atoms with Crippen molar-refractivity contribution in [1.29, 1.82) is 0 Å². The fourth-order valence-corrected chi connectivity index (χ4v) is 2.32. The summed E-state index contributed by atoms with van der Waals surface area (Å²) in [7, 11) is 0. The molecule has 0 spiro atoms. The van der Waals surface area contributed by atoms with E-state index in [1.165, 1.54) is 5.56 Å². The summed E-state index contributed by atoms with van der Waals surface area (Å²) in [5.41, 5.74) is 3.96. The molecule has 4 rings (SSSR count). The van der Waals surface area contributed by atoms with Crippen molar-refractivity contribution in [2.75, 3.05) is 6.79 Å². The van der Waals surface area contributed by atoms with Gasteiger partial charge in [-0.25, -0.2) is 0 Å². The molecular formula is C17H13NO3. The van der Waals surface area contributed by atoms with E-state index in [-0.39, 0.29) is 6.79 Å². The summed E-state index contributed by atoms with van der Waals surface area (Å²) in [5, 5.41) is 4.14. The molecule has 3 aromatic rings. The molecule has 1 aromatic heterocycles. The van der Waals surface area contributed by atoms with E-state index in [1.807, 2.05) is 36.4 Å². The van der Waals surface area contributed by atoms with Crippen LogP contribution in [-0.4, -0.2) is 11.9 Å². The van der Waals surface area contributed by atoms with E-state index >= 15 is 0 Å². The number of hydrogen-bond donors (Lipinski definition) is 0. The number of aryl methyl sites for hydroxylation is 1. The second-order valence-electron chi connectivity index (χ2n) is 5.01. The van der Waals surface area contributed by atoms with E-state index in [2.05, 4.69) is 24.2 Å². The quantitative estimate of drug-likeness (QED) is 0.710. The lowest BCUT2D eigenvalue weighted by Crippen LogP contribution is -1.92. The molecule has 0 bridgehead atoms. The molecule has 4 heteroatoms. The summed E-state index contributed by atoms with van der Waals surface area (Å²) < 4.78 is 16.1. The zero-order chi connectivity index (χ0) is 14.2. The molecule has 21 heavy (non-hydrogen) atoms. The van der Waals surface area contributed by atoms with Crippen molar-refractivity contribution in [3.05, 3.63) is 54.1 Å². The maximum Gasteiger partial charge on any atom is 0.231 e. The van der Waals surface area contributed by atoms with E-state index in [9.17, 15) is 0 Å². The van der Waals surface area contributed by atoms with Gasteiger partial charge in [0.2, 0.25) is 6.79 Å². The predicted molar refractivity (Wildman–Crippen MR) is 78.2 cm³/mol. The summed E-state index contributed by atoms with van der Waals surface area (Å²) in [5.74, 6) is 2.26. The molecule has 0 atom stereocenters. The van der Waals surface area contributed by atoms with E-state index < -0.39 is 0 Å². The smallest absolute Gasteiger partial charge is 0.231 e. The monoisotopic (exact) mass is 279 g/mol. The van der Waals surface area contributed by atoms with Crippen molar-refractivity contribution < 1.29 is 14.0 Å².